The molecule has 1 N–H and O–H groups in total. The highest BCUT2D eigenvalue weighted by atomic mass is 16.5. The molecule has 1 saturated heterocycles. The molecule has 2 aromatic rings. The monoisotopic (exact) mass is 549 g/mol. The van der Waals surface area contributed by atoms with Gasteiger partial charge in [-0.05, 0) is 71.7 Å². The van der Waals surface area contributed by atoms with Crippen molar-refractivity contribution in [2.45, 2.75) is 71.1 Å². The summed E-state index contributed by atoms with van der Waals surface area (Å²) >= 11 is 0. The minimum absolute atomic E-state index is 0.0791. The maximum absolute atomic E-state index is 14.0. The van der Waals surface area contributed by atoms with Crippen molar-refractivity contribution in [3.8, 4) is 0 Å². The van der Waals surface area contributed by atoms with E-state index in [4.69, 9.17) is 9.47 Å². The van der Waals surface area contributed by atoms with Crippen molar-refractivity contribution in [3.05, 3.63) is 60.7 Å². The molecule has 1 aliphatic heterocycles. The molecule has 1 fully saturated rings. The van der Waals surface area contributed by atoms with E-state index in [1.807, 2.05) is 58.8 Å². The Hall–Kier alpha value is -3.32. The number of alkyl carbamates (subject to hydrolysis) is 1. The van der Waals surface area contributed by atoms with Crippen LogP contribution in [-0.2, 0) is 19.9 Å². The maximum Gasteiger partial charge on any atom is 0.407 e. The molecule has 0 saturated carbocycles. The first-order valence-corrected chi connectivity index (χ1v) is 14.1. The molecule has 0 spiro atoms. The number of allylic oxidation sites excluding steroid dienone is 1. The van der Waals surface area contributed by atoms with Crippen LogP contribution < -0.4 is 10.2 Å². The molecule has 7 heteroatoms. The van der Waals surface area contributed by atoms with Gasteiger partial charge in [-0.15, -0.1) is 6.58 Å². The van der Waals surface area contributed by atoms with Crippen LogP contribution in [0.25, 0.3) is 16.8 Å². The summed E-state index contributed by atoms with van der Waals surface area (Å²) < 4.78 is 11.6. The number of benzene rings is 2. The summed E-state index contributed by atoms with van der Waals surface area (Å²) in [5, 5.41) is 5.08. The van der Waals surface area contributed by atoms with Gasteiger partial charge >= 0.3 is 6.09 Å². The number of rotatable bonds is 11. The zero-order valence-corrected chi connectivity index (χ0v) is 25.4. The number of likely N-dealkylation sites (tertiary alicyclic amines) is 1. The summed E-state index contributed by atoms with van der Waals surface area (Å²) in [6.07, 6.45) is 6.34. The number of hydrogen-bond donors (Lipinski definition) is 1. The number of unbranched alkanes of at least 4 members (excludes halogenated alkanes) is 2. The molecule has 218 valence electrons. The van der Waals surface area contributed by atoms with Crippen LogP contribution in [0.1, 0.15) is 64.5 Å². The molecule has 0 bridgehead atoms. The topological polar surface area (TPSA) is 71.1 Å². The standard InChI is InChI=1S/C33H47N3O4/c1-10-12-13-14-17-40-31(38)34-29(32(4,5)6)30(37)36-22-33(39-9,21-23(36)3)27-16-15-25-20-28(35(7)8)24(11-2)18-26(25)19-27/h10-11,15-16,18-20,23,29H,1-2,12-14,17,21-22H2,3-9H3,(H,34,38)/t23-,29-,33+/m1/s1. The Morgan fingerprint density at radius 2 is 1.90 bits per heavy atom. The first-order chi connectivity index (χ1) is 18.9. The number of nitrogens with one attached hydrogen (secondary N) is 1. The Balaban J connectivity index is 1.84. The van der Waals surface area contributed by atoms with Gasteiger partial charge in [0.15, 0.2) is 0 Å². The average molecular weight is 550 g/mol. The predicted octanol–water partition coefficient (Wildman–Crippen LogP) is 6.51. The molecule has 1 heterocycles. The fourth-order valence-electron chi connectivity index (χ4n) is 5.52. The van der Waals surface area contributed by atoms with Crippen molar-refractivity contribution in [1.29, 1.82) is 0 Å². The lowest BCUT2D eigenvalue weighted by Gasteiger charge is -2.35. The zero-order valence-electron chi connectivity index (χ0n) is 25.4. The summed E-state index contributed by atoms with van der Waals surface area (Å²) in [7, 11) is 5.76. The van der Waals surface area contributed by atoms with Gasteiger partial charge in [0.05, 0.1) is 13.2 Å². The highest BCUT2D eigenvalue weighted by Gasteiger charge is 2.48. The number of ether oxygens (including phenoxy) is 2. The zero-order chi connectivity index (χ0) is 29.7. The Morgan fingerprint density at radius 3 is 2.50 bits per heavy atom. The number of carbonyl (C=O) groups excluding carboxylic acids is 2. The number of hydrogen-bond acceptors (Lipinski definition) is 5. The quantitative estimate of drug-likeness (QED) is 0.256. The van der Waals surface area contributed by atoms with E-state index in [9.17, 15) is 9.59 Å². The molecule has 0 aromatic heterocycles. The lowest BCUT2D eigenvalue weighted by atomic mass is 9.85. The van der Waals surface area contributed by atoms with E-state index in [1.54, 1.807) is 7.11 Å². The largest absolute Gasteiger partial charge is 0.450 e. The van der Waals surface area contributed by atoms with Crippen molar-refractivity contribution >= 4 is 34.5 Å². The molecule has 7 nitrogen and oxygen atoms in total. The summed E-state index contributed by atoms with van der Waals surface area (Å²) in [5.41, 5.74) is 2.02. The van der Waals surface area contributed by atoms with Gasteiger partial charge in [-0.3, -0.25) is 4.79 Å². The van der Waals surface area contributed by atoms with Crippen molar-refractivity contribution in [3.63, 3.8) is 0 Å². The lowest BCUT2D eigenvalue weighted by molar-refractivity contribution is -0.137. The number of amides is 2. The highest BCUT2D eigenvalue weighted by molar-refractivity contribution is 5.91. The summed E-state index contributed by atoms with van der Waals surface area (Å²) in [4.78, 5) is 30.5. The number of fused-ring (bicyclic) bond motifs is 1. The third-order valence-corrected chi connectivity index (χ3v) is 7.88. The van der Waals surface area contributed by atoms with Gasteiger partial charge in [-0.1, -0.05) is 51.6 Å². The molecule has 1 aliphatic rings. The smallest absolute Gasteiger partial charge is 0.407 e. The fourth-order valence-corrected chi connectivity index (χ4v) is 5.52. The molecule has 0 unspecified atom stereocenters. The van der Waals surface area contributed by atoms with E-state index >= 15 is 0 Å². The Bertz CT molecular complexity index is 1230. The summed E-state index contributed by atoms with van der Waals surface area (Å²) in [5.74, 6) is -0.132. The third-order valence-electron chi connectivity index (χ3n) is 7.88. The molecule has 3 rings (SSSR count). The molecule has 2 amide bonds. The summed E-state index contributed by atoms with van der Waals surface area (Å²) in [6.45, 7) is 16.3. The number of anilines is 1. The van der Waals surface area contributed by atoms with Crippen molar-refractivity contribution in [2.75, 3.05) is 39.3 Å². The maximum atomic E-state index is 14.0. The Morgan fingerprint density at radius 1 is 1.18 bits per heavy atom. The lowest BCUT2D eigenvalue weighted by Crippen LogP contribution is -2.56. The molecule has 2 aromatic carbocycles. The van der Waals surface area contributed by atoms with Gasteiger partial charge in [0.1, 0.15) is 11.6 Å². The van der Waals surface area contributed by atoms with E-state index in [-0.39, 0.29) is 11.9 Å². The van der Waals surface area contributed by atoms with Crippen molar-refractivity contribution < 1.29 is 19.1 Å². The van der Waals surface area contributed by atoms with Crippen LogP contribution in [0.2, 0.25) is 0 Å². The van der Waals surface area contributed by atoms with Crippen LogP contribution >= 0.6 is 0 Å². The second-order valence-corrected chi connectivity index (χ2v) is 12.2. The molecule has 3 atom stereocenters. The van der Waals surface area contributed by atoms with Crippen LogP contribution in [0.4, 0.5) is 10.5 Å². The van der Waals surface area contributed by atoms with Gasteiger partial charge in [0.25, 0.3) is 0 Å². The molecule has 0 aliphatic carbocycles. The van der Waals surface area contributed by atoms with Crippen LogP contribution in [0.5, 0.6) is 0 Å². The van der Waals surface area contributed by atoms with E-state index in [1.165, 1.54) is 0 Å². The number of carbonyl (C=O) groups is 2. The number of nitrogens with zero attached hydrogens (tertiary/aromatic N) is 2. The van der Waals surface area contributed by atoms with Gasteiger partial charge in [-0.2, -0.15) is 0 Å². The van der Waals surface area contributed by atoms with Crippen LogP contribution in [0, 0.1) is 5.41 Å². The van der Waals surface area contributed by atoms with Crippen molar-refractivity contribution in [2.24, 2.45) is 5.41 Å². The summed E-state index contributed by atoms with van der Waals surface area (Å²) in [6, 6.07) is 9.88. The molecular weight excluding hydrogens is 502 g/mol. The van der Waals surface area contributed by atoms with E-state index in [0.29, 0.717) is 19.6 Å². The third kappa shape index (κ3) is 6.87. The van der Waals surface area contributed by atoms with Crippen LogP contribution in [0.3, 0.4) is 0 Å². The minimum Gasteiger partial charge on any atom is -0.450 e. The second-order valence-electron chi connectivity index (χ2n) is 12.2. The van der Waals surface area contributed by atoms with E-state index in [0.717, 1.165) is 46.8 Å². The van der Waals surface area contributed by atoms with Crippen molar-refractivity contribution in [1.82, 2.24) is 10.2 Å². The normalized spacial score (nSPS) is 19.8. The predicted molar refractivity (Wildman–Crippen MR) is 165 cm³/mol. The van der Waals surface area contributed by atoms with Gasteiger partial charge < -0.3 is 24.6 Å². The SMILES string of the molecule is C=CCCCCOC(=O)N[C@H](C(=O)N1C[C@](OC)(c2ccc3cc(N(C)C)c(C=C)cc3c2)C[C@H]1C)C(C)(C)C. The second kappa shape index (κ2) is 12.9. The van der Waals surface area contributed by atoms with Crippen LogP contribution in [0.15, 0.2) is 49.6 Å². The Kier molecular flexibility index (Phi) is 10.1. The number of methoxy groups -OCH3 is 1. The van der Waals surface area contributed by atoms with Crippen LogP contribution in [-0.4, -0.2) is 63.3 Å². The fraction of sp³-hybridized carbons (Fsp3) is 0.515. The van der Waals surface area contributed by atoms with Gasteiger partial charge in [-0.25, -0.2) is 4.79 Å². The van der Waals surface area contributed by atoms with Gasteiger partial charge in [0, 0.05) is 39.4 Å². The molecular formula is C33H47N3O4. The minimum atomic E-state index is -0.737. The van der Waals surface area contributed by atoms with E-state index in [2.05, 4.69) is 53.7 Å². The molecule has 0 radical (unpaired) electrons. The first kappa shape index (κ1) is 31.2. The first-order valence-electron chi connectivity index (χ1n) is 14.1. The average Bonchev–Trinajstić information content (AvgIpc) is 3.27. The highest BCUT2D eigenvalue weighted by Crippen LogP contribution is 2.41. The Labute approximate surface area is 240 Å². The van der Waals surface area contributed by atoms with E-state index < -0.39 is 23.2 Å². The van der Waals surface area contributed by atoms with Gasteiger partial charge in [0.2, 0.25) is 5.91 Å². The molecule has 40 heavy (non-hydrogen) atoms.